The van der Waals surface area contributed by atoms with E-state index < -0.39 is 23.7 Å². The number of hydrogen-bond acceptors (Lipinski definition) is 6. The highest BCUT2D eigenvalue weighted by Crippen LogP contribution is 2.45. The minimum absolute atomic E-state index is 0.0675. The number of carboxylic acid groups (broad SMARTS) is 1. The lowest BCUT2D eigenvalue weighted by atomic mass is 9.90. The molecular weight excluding hydrogens is 498 g/mol. The number of carboxylic acids is 1. The van der Waals surface area contributed by atoms with Crippen molar-refractivity contribution in [3.8, 4) is 11.5 Å². The first-order chi connectivity index (χ1) is 18.6. The zero-order valence-corrected chi connectivity index (χ0v) is 22.5. The highest BCUT2D eigenvalue weighted by atomic mass is 16.5. The van der Waals surface area contributed by atoms with Crippen molar-refractivity contribution in [2.24, 2.45) is 0 Å². The highest BCUT2D eigenvalue weighted by molar-refractivity contribution is 6.51. The molecule has 2 N–H and O–H groups in total. The number of carbonyl (C=O) groups is 3. The number of carbonyl (C=O) groups excluding carboxylic acids is 2. The monoisotopic (exact) mass is 529 g/mol. The number of aliphatic hydroxyl groups is 1. The maximum atomic E-state index is 13.6. The maximum Gasteiger partial charge on any atom is 0.307 e. The summed E-state index contributed by atoms with van der Waals surface area (Å²) in [6.07, 6.45) is -0.177. The number of ether oxygens (including phenoxy) is 2. The van der Waals surface area contributed by atoms with Gasteiger partial charge in [-0.05, 0) is 59.9 Å². The molecule has 1 saturated heterocycles. The van der Waals surface area contributed by atoms with Gasteiger partial charge >= 0.3 is 5.97 Å². The Morgan fingerprint density at radius 3 is 2.18 bits per heavy atom. The first kappa shape index (κ1) is 27.4. The van der Waals surface area contributed by atoms with Gasteiger partial charge in [-0.3, -0.25) is 19.3 Å². The summed E-state index contributed by atoms with van der Waals surface area (Å²) in [4.78, 5) is 39.6. The molecule has 202 valence electrons. The fourth-order valence-corrected chi connectivity index (χ4v) is 4.96. The molecule has 0 bridgehead atoms. The molecule has 4 rings (SSSR count). The molecule has 0 spiro atoms. The molecule has 1 aliphatic heterocycles. The molecule has 3 aromatic rings. The van der Waals surface area contributed by atoms with Gasteiger partial charge in [-0.1, -0.05) is 44.2 Å². The van der Waals surface area contributed by atoms with Crippen molar-refractivity contribution >= 4 is 29.1 Å². The Balaban J connectivity index is 1.97. The van der Waals surface area contributed by atoms with E-state index in [4.69, 9.17) is 14.6 Å². The largest absolute Gasteiger partial charge is 0.507 e. The van der Waals surface area contributed by atoms with Crippen LogP contribution in [-0.4, -0.2) is 42.1 Å². The van der Waals surface area contributed by atoms with Crippen molar-refractivity contribution in [2.45, 2.75) is 39.2 Å². The second-order valence-electron chi connectivity index (χ2n) is 9.71. The third-order valence-electron chi connectivity index (χ3n) is 6.90. The van der Waals surface area contributed by atoms with Crippen LogP contribution < -0.4 is 14.4 Å². The normalized spacial score (nSPS) is 16.6. The number of Topliss-reactive ketones (excluding diaryl/α,β-unsaturated/α-hetero) is 1. The molecule has 1 unspecified atom stereocenters. The average molecular weight is 530 g/mol. The average Bonchev–Trinajstić information content (AvgIpc) is 3.17. The van der Waals surface area contributed by atoms with Crippen LogP contribution in [0.25, 0.3) is 5.76 Å². The third-order valence-corrected chi connectivity index (χ3v) is 6.90. The van der Waals surface area contributed by atoms with Gasteiger partial charge in [0.1, 0.15) is 17.3 Å². The lowest BCUT2D eigenvalue weighted by molar-refractivity contribution is -0.136. The van der Waals surface area contributed by atoms with Gasteiger partial charge in [-0.25, -0.2) is 0 Å². The molecule has 0 radical (unpaired) electrons. The molecule has 3 aromatic carbocycles. The number of ketones is 1. The van der Waals surface area contributed by atoms with E-state index in [0.29, 0.717) is 39.4 Å². The van der Waals surface area contributed by atoms with Crippen LogP contribution in [0.2, 0.25) is 0 Å². The molecule has 8 nitrogen and oxygen atoms in total. The number of para-hydroxylation sites is 1. The number of methoxy groups -OCH3 is 2. The van der Waals surface area contributed by atoms with E-state index in [-0.39, 0.29) is 23.7 Å². The summed E-state index contributed by atoms with van der Waals surface area (Å²) in [6, 6.07) is 16.0. The molecule has 39 heavy (non-hydrogen) atoms. The SMILES string of the molecule is COc1cc(C)c(/C(O)=C2\C(=O)C(=O)N(c3ccc(CC(=O)O)cc3)C2c2ccccc2OC)cc1C(C)C. The number of anilines is 1. The molecule has 1 heterocycles. The summed E-state index contributed by atoms with van der Waals surface area (Å²) in [5.41, 5.74) is 3.34. The van der Waals surface area contributed by atoms with E-state index in [1.54, 1.807) is 74.7 Å². The topological polar surface area (TPSA) is 113 Å². The molecule has 1 atom stereocenters. The second kappa shape index (κ2) is 11.0. The number of benzene rings is 3. The minimum atomic E-state index is -0.990. The summed E-state index contributed by atoms with van der Waals surface area (Å²) in [5.74, 6) is -1.74. The predicted molar refractivity (Wildman–Crippen MR) is 147 cm³/mol. The van der Waals surface area contributed by atoms with E-state index in [1.807, 2.05) is 13.8 Å². The number of aliphatic carboxylic acids is 1. The molecule has 0 saturated carbocycles. The number of rotatable bonds is 8. The van der Waals surface area contributed by atoms with Crippen molar-refractivity contribution in [1.29, 1.82) is 0 Å². The van der Waals surface area contributed by atoms with Crippen molar-refractivity contribution in [1.82, 2.24) is 0 Å². The Kier molecular flexibility index (Phi) is 7.76. The van der Waals surface area contributed by atoms with E-state index >= 15 is 0 Å². The smallest absolute Gasteiger partial charge is 0.307 e. The highest BCUT2D eigenvalue weighted by Gasteiger charge is 2.48. The molecule has 1 aliphatic rings. The standard InChI is InChI=1S/C31H31NO7/c1-17(2)22-16-23(18(3)14-25(22)39-5)29(35)27-28(21-8-6-7-9-24(21)38-4)32(31(37)30(27)36)20-12-10-19(11-13-20)15-26(33)34/h6-14,16-17,28,35H,15H2,1-5H3,(H,33,34)/b29-27+. The number of aryl methyl sites for hydroxylation is 1. The number of amides is 1. The molecule has 0 aromatic heterocycles. The quantitative estimate of drug-likeness (QED) is 0.229. The van der Waals surface area contributed by atoms with Crippen molar-refractivity contribution in [2.75, 3.05) is 19.1 Å². The Morgan fingerprint density at radius 2 is 1.59 bits per heavy atom. The van der Waals surface area contributed by atoms with Gasteiger partial charge in [-0.2, -0.15) is 0 Å². The van der Waals surface area contributed by atoms with Crippen LogP contribution in [-0.2, 0) is 20.8 Å². The summed E-state index contributed by atoms with van der Waals surface area (Å²) in [7, 11) is 3.07. The number of nitrogens with zero attached hydrogens (tertiary/aromatic N) is 1. The molecule has 1 amide bonds. The predicted octanol–water partition coefficient (Wildman–Crippen LogP) is 5.39. The first-order valence-electron chi connectivity index (χ1n) is 12.5. The van der Waals surface area contributed by atoms with E-state index in [0.717, 1.165) is 5.56 Å². The van der Waals surface area contributed by atoms with Crippen LogP contribution in [0.1, 0.15) is 53.6 Å². The molecule has 8 heteroatoms. The van der Waals surface area contributed by atoms with Crippen molar-refractivity contribution in [3.05, 3.63) is 94.1 Å². The minimum Gasteiger partial charge on any atom is -0.507 e. The Bertz CT molecular complexity index is 1470. The third kappa shape index (κ3) is 5.10. The molecule has 0 aliphatic carbocycles. The Hall–Kier alpha value is -4.59. The van der Waals surface area contributed by atoms with Gasteiger partial charge in [0.25, 0.3) is 11.7 Å². The summed E-state index contributed by atoms with van der Waals surface area (Å²) in [6.45, 7) is 5.80. The van der Waals surface area contributed by atoms with E-state index in [2.05, 4.69) is 0 Å². The summed E-state index contributed by atoms with van der Waals surface area (Å²) >= 11 is 0. The Labute approximate surface area is 227 Å². The van der Waals surface area contributed by atoms with Crippen LogP contribution in [0.3, 0.4) is 0 Å². The zero-order chi connectivity index (χ0) is 28.4. The number of aliphatic hydroxyl groups excluding tert-OH is 1. The van der Waals surface area contributed by atoms with Gasteiger partial charge in [0, 0.05) is 16.8 Å². The lowest BCUT2D eigenvalue weighted by Gasteiger charge is -2.27. The molecular formula is C31H31NO7. The van der Waals surface area contributed by atoms with Crippen LogP contribution in [0.15, 0.2) is 66.2 Å². The summed E-state index contributed by atoms with van der Waals surface area (Å²) in [5, 5.41) is 20.8. The fourth-order valence-electron chi connectivity index (χ4n) is 4.96. The fraction of sp³-hybridized carbons (Fsp3) is 0.258. The van der Waals surface area contributed by atoms with Gasteiger partial charge in [0.05, 0.1) is 32.3 Å². The van der Waals surface area contributed by atoms with E-state index in [1.165, 1.54) is 12.0 Å². The van der Waals surface area contributed by atoms with Crippen LogP contribution in [0.4, 0.5) is 5.69 Å². The zero-order valence-electron chi connectivity index (χ0n) is 22.5. The van der Waals surface area contributed by atoms with Gasteiger partial charge < -0.3 is 19.7 Å². The lowest BCUT2D eigenvalue weighted by Crippen LogP contribution is -2.29. The van der Waals surface area contributed by atoms with Crippen LogP contribution >= 0.6 is 0 Å². The van der Waals surface area contributed by atoms with Gasteiger partial charge in [-0.15, -0.1) is 0 Å². The summed E-state index contributed by atoms with van der Waals surface area (Å²) < 4.78 is 11.1. The van der Waals surface area contributed by atoms with E-state index in [9.17, 15) is 19.5 Å². The van der Waals surface area contributed by atoms with Gasteiger partial charge in [0.2, 0.25) is 0 Å². The molecule has 1 fully saturated rings. The van der Waals surface area contributed by atoms with Crippen LogP contribution in [0.5, 0.6) is 11.5 Å². The Morgan fingerprint density at radius 1 is 0.949 bits per heavy atom. The van der Waals surface area contributed by atoms with Crippen molar-refractivity contribution in [3.63, 3.8) is 0 Å². The maximum absolute atomic E-state index is 13.6. The van der Waals surface area contributed by atoms with Crippen LogP contribution in [0, 0.1) is 6.92 Å². The van der Waals surface area contributed by atoms with Gasteiger partial charge in [0.15, 0.2) is 0 Å². The number of hydrogen-bond donors (Lipinski definition) is 2. The second-order valence-corrected chi connectivity index (χ2v) is 9.71. The van der Waals surface area contributed by atoms with Crippen molar-refractivity contribution < 1.29 is 34.1 Å². The first-order valence-corrected chi connectivity index (χ1v) is 12.5.